The van der Waals surface area contributed by atoms with Crippen molar-refractivity contribution in [2.24, 2.45) is 7.05 Å². The lowest BCUT2D eigenvalue weighted by atomic mass is 9.89. The predicted octanol–water partition coefficient (Wildman–Crippen LogP) is 1.93. The number of hydrogen-bond donors (Lipinski definition) is 1. The molecule has 108 valence electrons. The molecule has 20 heavy (non-hydrogen) atoms. The van der Waals surface area contributed by atoms with E-state index in [0.717, 1.165) is 33.6 Å². The van der Waals surface area contributed by atoms with Crippen molar-refractivity contribution in [1.29, 1.82) is 0 Å². The average Bonchev–Trinajstić information content (AvgIpc) is 2.89. The van der Waals surface area contributed by atoms with Gasteiger partial charge in [0, 0.05) is 12.4 Å². The molecule has 1 N–H and O–H groups in total. The number of carbonyl (C=O) groups is 1. The van der Waals surface area contributed by atoms with E-state index in [1.54, 1.807) is 4.90 Å². The third kappa shape index (κ3) is 2.03. The number of likely N-dealkylation sites (tertiary alicyclic amines) is 1. The Balaban J connectivity index is 1.79. The monoisotopic (exact) mass is 293 g/mol. The van der Waals surface area contributed by atoms with Crippen molar-refractivity contribution in [1.82, 2.24) is 14.7 Å². The fourth-order valence-corrected chi connectivity index (χ4v) is 3.99. The maximum Gasteiger partial charge on any atom is 0.264 e. The molecule has 0 atom stereocenters. The topological polar surface area (TPSA) is 58.4 Å². The first-order valence-corrected chi connectivity index (χ1v) is 7.70. The normalized spacial score (nSPS) is 17.5. The largest absolute Gasteiger partial charge is 0.386 e. The molecule has 0 spiro atoms. The molecule has 0 aliphatic carbocycles. The Labute approximate surface area is 121 Å². The maximum atomic E-state index is 12.4. The number of nitrogens with zero attached hydrogens (tertiary/aromatic N) is 3. The smallest absolute Gasteiger partial charge is 0.264 e. The number of carbonyl (C=O) groups excluding carboxylic acids is 1. The van der Waals surface area contributed by atoms with Gasteiger partial charge in [-0.25, -0.2) is 0 Å². The van der Waals surface area contributed by atoms with E-state index in [2.05, 4.69) is 5.10 Å². The van der Waals surface area contributed by atoms with Crippen molar-refractivity contribution >= 4 is 27.5 Å². The number of aromatic nitrogens is 2. The Morgan fingerprint density at radius 3 is 2.85 bits per heavy atom. The van der Waals surface area contributed by atoms with Crippen LogP contribution >= 0.6 is 11.3 Å². The van der Waals surface area contributed by atoms with E-state index in [-0.39, 0.29) is 5.91 Å². The van der Waals surface area contributed by atoms with Crippen molar-refractivity contribution in [3.05, 3.63) is 16.6 Å². The van der Waals surface area contributed by atoms with E-state index in [9.17, 15) is 9.90 Å². The number of β-amino-alcohol motifs (C(OH)–C–C–N with tert-alkyl or cyclic N) is 1. The highest BCUT2D eigenvalue weighted by Crippen LogP contribution is 2.32. The van der Waals surface area contributed by atoms with Crippen molar-refractivity contribution in [2.75, 3.05) is 13.1 Å². The third-order valence-electron chi connectivity index (χ3n) is 3.88. The fourth-order valence-electron chi connectivity index (χ4n) is 2.90. The molecule has 3 heterocycles. The second-order valence-electron chi connectivity index (χ2n) is 5.67. The number of amides is 1. The minimum atomic E-state index is -0.668. The first-order valence-electron chi connectivity index (χ1n) is 6.88. The zero-order valence-electron chi connectivity index (χ0n) is 12.0. The molecule has 0 aromatic carbocycles. The minimum Gasteiger partial charge on any atom is -0.386 e. The minimum absolute atomic E-state index is 0.0198. The molecule has 2 aromatic heterocycles. The van der Waals surface area contributed by atoms with Gasteiger partial charge in [-0.2, -0.15) is 5.10 Å². The van der Waals surface area contributed by atoms with Crippen LogP contribution in [0.25, 0.3) is 10.2 Å². The molecule has 1 aliphatic rings. The summed E-state index contributed by atoms with van der Waals surface area (Å²) in [6, 6.07) is 1.92. The summed E-state index contributed by atoms with van der Waals surface area (Å²) >= 11 is 1.47. The Morgan fingerprint density at radius 2 is 2.25 bits per heavy atom. The molecular formula is C14H19N3O2S. The summed E-state index contributed by atoms with van der Waals surface area (Å²) in [7, 11) is 1.89. The summed E-state index contributed by atoms with van der Waals surface area (Å²) < 4.78 is 1.82. The van der Waals surface area contributed by atoms with Crippen LogP contribution in [-0.4, -0.2) is 44.4 Å². The lowest BCUT2D eigenvalue weighted by Crippen LogP contribution is -2.63. The molecule has 3 rings (SSSR count). The van der Waals surface area contributed by atoms with Crippen LogP contribution < -0.4 is 0 Å². The van der Waals surface area contributed by atoms with Crippen molar-refractivity contribution < 1.29 is 9.90 Å². The SMILES string of the molecule is CCCC1(O)CN(C(=O)c2cc3c(C)nn(C)c3s2)C1. The van der Waals surface area contributed by atoms with Crippen LogP contribution in [0.5, 0.6) is 0 Å². The van der Waals surface area contributed by atoms with Crippen LogP contribution in [0.4, 0.5) is 0 Å². The van der Waals surface area contributed by atoms with Gasteiger partial charge in [0.1, 0.15) is 4.83 Å². The Hall–Kier alpha value is -1.40. The van der Waals surface area contributed by atoms with Crippen molar-refractivity contribution in [3.63, 3.8) is 0 Å². The first kappa shape index (κ1) is 13.6. The van der Waals surface area contributed by atoms with Gasteiger partial charge in [0.05, 0.1) is 29.3 Å². The number of hydrogen-bond acceptors (Lipinski definition) is 4. The number of aryl methyl sites for hydroxylation is 2. The Bertz CT molecular complexity index is 633. The molecule has 0 radical (unpaired) electrons. The molecular weight excluding hydrogens is 274 g/mol. The predicted molar refractivity (Wildman–Crippen MR) is 79.1 cm³/mol. The second kappa shape index (κ2) is 4.56. The quantitative estimate of drug-likeness (QED) is 0.940. The second-order valence-corrected chi connectivity index (χ2v) is 6.70. The van der Waals surface area contributed by atoms with Crippen LogP contribution in [0, 0.1) is 6.92 Å². The van der Waals surface area contributed by atoms with Gasteiger partial charge in [0.15, 0.2) is 0 Å². The fraction of sp³-hybridized carbons (Fsp3) is 0.571. The van der Waals surface area contributed by atoms with Gasteiger partial charge in [-0.05, 0) is 19.4 Å². The zero-order valence-corrected chi connectivity index (χ0v) is 12.8. The van der Waals surface area contributed by atoms with Gasteiger partial charge in [-0.15, -0.1) is 11.3 Å². The summed E-state index contributed by atoms with van der Waals surface area (Å²) in [6.07, 6.45) is 1.69. The molecule has 0 saturated carbocycles. The van der Waals surface area contributed by atoms with Crippen LogP contribution in [-0.2, 0) is 7.05 Å². The maximum absolute atomic E-state index is 12.4. The van der Waals surface area contributed by atoms with Gasteiger partial charge in [0.25, 0.3) is 5.91 Å². The molecule has 2 aromatic rings. The summed E-state index contributed by atoms with van der Waals surface area (Å²) in [6.45, 7) is 4.90. The summed E-state index contributed by atoms with van der Waals surface area (Å²) in [5.74, 6) is 0.0198. The summed E-state index contributed by atoms with van der Waals surface area (Å²) in [5, 5.41) is 15.5. The number of aliphatic hydroxyl groups is 1. The van der Waals surface area contributed by atoms with E-state index in [1.807, 2.05) is 31.6 Å². The van der Waals surface area contributed by atoms with Crippen LogP contribution in [0.2, 0.25) is 0 Å². The molecule has 6 heteroatoms. The highest BCUT2D eigenvalue weighted by Gasteiger charge is 2.43. The van der Waals surface area contributed by atoms with Crippen LogP contribution in [0.3, 0.4) is 0 Å². The number of fused-ring (bicyclic) bond motifs is 1. The summed E-state index contributed by atoms with van der Waals surface area (Å²) in [5.41, 5.74) is 0.280. The van der Waals surface area contributed by atoms with E-state index in [0.29, 0.717) is 13.1 Å². The molecule has 1 amide bonds. The van der Waals surface area contributed by atoms with Crippen molar-refractivity contribution in [3.8, 4) is 0 Å². The lowest BCUT2D eigenvalue weighted by Gasteiger charge is -2.46. The third-order valence-corrected chi connectivity index (χ3v) is 5.07. The highest BCUT2D eigenvalue weighted by atomic mass is 32.1. The number of rotatable bonds is 3. The van der Waals surface area contributed by atoms with Gasteiger partial charge in [-0.1, -0.05) is 13.3 Å². The van der Waals surface area contributed by atoms with E-state index in [4.69, 9.17) is 0 Å². The van der Waals surface area contributed by atoms with Crippen molar-refractivity contribution in [2.45, 2.75) is 32.3 Å². The Kier molecular flexibility index (Phi) is 3.10. The van der Waals surface area contributed by atoms with Crippen LogP contribution in [0.1, 0.15) is 35.1 Å². The van der Waals surface area contributed by atoms with Gasteiger partial charge < -0.3 is 10.0 Å². The molecule has 1 aliphatic heterocycles. The molecule has 0 bridgehead atoms. The first-order chi connectivity index (χ1) is 9.43. The van der Waals surface area contributed by atoms with E-state index >= 15 is 0 Å². The molecule has 0 unspecified atom stereocenters. The molecule has 1 saturated heterocycles. The highest BCUT2D eigenvalue weighted by molar-refractivity contribution is 7.20. The lowest BCUT2D eigenvalue weighted by molar-refractivity contribution is -0.0858. The van der Waals surface area contributed by atoms with Gasteiger partial charge in [0.2, 0.25) is 0 Å². The summed E-state index contributed by atoms with van der Waals surface area (Å²) in [4.78, 5) is 15.9. The number of thiophene rings is 1. The Morgan fingerprint density at radius 1 is 1.55 bits per heavy atom. The van der Waals surface area contributed by atoms with E-state index in [1.165, 1.54) is 11.3 Å². The molecule has 1 fully saturated rings. The zero-order chi connectivity index (χ0) is 14.5. The van der Waals surface area contributed by atoms with Gasteiger partial charge >= 0.3 is 0 Å². The average molecular weight is 293 g/mol. The molecule has 5 nitrogen and oxygen atoms in total. The van der Waals surface area contributed by atoms with Gasteiger partial charge in [-0.3, -0.25) is 9.48 Å². The van der Waals surface area contributed by atoms with E-state index < -0.39 is 5.60 Å². The van der Waals surface area contributed by atoms with Crippen LogP contribution in [0.15, 0.2) is 6.07 Å². The standard InChI is InChI=1S/C14H19N3O2S/c1-4-5-14(19)7-17(8-14)12(18)11-6-10-9(2)15-16(3)13(10)20-11/h6,19H,4-5,7-8H2,1-3H3.